The molecule has 4 N–H and O–H groups in total. The number of nitrogens with one attached hydrogen (secondary N) is 4. The third-order valence-electron chi connectivity index (χ3n) is 11.4. The number of halogens is 3. The van der Waals surface area contributed by atoms with Crippen LogP contribution in [0.25, 0.3) is 11.1 Å². The van der Waals surface area contributed by atoms with Gasteiger partial charge in [0.1, 0.15) is 34.5 Å². The number of hydrogen-bond acceptors (Lipinski definition) is 10. The minimum atomic E-state index is -0.758. The fourth-order valence-corrected chi connectivity index (χ4v) is 6.81. The van der Waals surface area contributed by atoms with Crippen molar-refractivity contribution in [1.29, 1.82) is 0 Å². The smallest absolute Gasteiger partial charge is 0.444 e. The number of alkyl carbamates (subject to hydrolysis) is 2. The molecule has 4 amide bonds. The summed E-state index contributed by atoms with van der Waals surface area (Å²) in [6.07, 6.45) is 5.95. The summed E-state index contributed by atoms with van der Waals surface area (Å²) < 4.78 is 53.1. The van der Waals surface area contributed by atoms with Crippen LogP contribution in [-0.2, 0) is 41.5 Å². The zero-order valence-corrected chi connectivity index (χ0v) is 42.6. The molecule has 14 nitrogen and oxygen atoms in total. The van der Waals surface area contributed by atoms with Crippen molar-refractivity contribution in [3.63, 3.8) is 0 Å². The van der Waals surface area contributed by atoms with Gasteiger partial charge in [0.2, 0.25) is 11.8 Å². The van der Waals surface area contributed by atoms with E-state index in [9.17, 15) is 23.6 Å². The molecule has 4 aromatic rings. The van der Waals surface area contributed by atoms with Gasteiger partial charge < -0.3 is 40.0 Å². The summed E-state index contributed by atoms with van der Waals surface area (Å²) in [5.41, 5.74) is 1.39. The van der Waals surface area contributed by atoms with Crippen molar-refractivity contribution < 1.29 is 46.7 Å². The van der Waals surface area contributed by atoms with Gasteiger partial charge in [-0.15, -0.1) is 0 Å². The van der Waals surface area contributed by atoms with Gasteiger partial charge in [0.05, 0.1) is 11.2 Å². The van der Waals surface area contributed by atoms with Crippen LogP contribution >= 0.6 is 15.9 Å². The summed E-state index contributed by atoms with van der Waals surface area (Å²) in [5.74, 6) is 0.599. The molecule has 366 valence electrons. The third-order valence-corrected chi connectivity index (χ3v) is 11.9. The summed E-state index contributed by atoms with van der Waals surface area (Å²) in [7, 11) is -0.758. The van der Waals surface area contributed by atoms with Crippen molar-refractivity contribution in [3.05, 3.63) is 99.3 Å². The lowest BCUT2D eigenvalue weighted by atomic mass is 9.77. The molecule has 0 bridgehead atoms. The fraction of sp³-hybridized carbons (Fsp3) is 0.480. The number of hydrogen-bond donors (Lipinski definition) is 4. The van der Waals surface area contributed by atoms with E-state index in [4.69, 9.17) is 18.8 Å². The Hall–Kier alpha value is -5.46. The predicted molar refractivity (Wildman–Crippen MR) is 262 cm³/mol. The number of carbonyl (C=O) groups excluding carboxylic acids is 4. The standard InChI is InChI=1S/C22H26FN3O3.C19H29BFNO4.C9H9BrN2O/c1-13-16(12-25-21(28)29-22(2,3)4)7-8-17(19(13)23)15-9-10-24-18(11-15)26-20(27)14-5-6-14;1-12-13(11-22-16(23)24-17(2,3)4)9-10-14(15(12)21)20-25-18(5,6)19(7,8)26-20;10-7-3-4-11-8(5-7)12-9(13)6-1-2-6/h7-11,14H,5-6,12H2,1-4H3,(H,25,28)(H,24,26,27);9-10H,11H2,1-8H3,(H,22,23);3-6H,1-2H2,(H,11,12,13). The van der Waals surface area contributed by atoms with Crippen molar-refractivity contribution in [3.8, 4) is 11.1 Å². The second-order valence-corrected chi connectivity index (χ2v) is 21.0. The summed E-state index contributed by atoms with van der Waals surface area (Å²) in [6.45, 7) is 22.1. The zero-order valence-electron chi connectivity index (χ0n) is 41.0. The van der Waals surface area contributed by atoms with Gasteiger partial charge in [-0.2, -0.15) is 0 Å². The Morgan fingerprint density at radius 2 is 1.13 bits per heavy atom. The Morgan fingerprint density at radius 3 is 1.59 bits per heavy atom. The van der Waals surface area contributed by atoms with Gasteiger partial charge >= 0.3 is 19.3 Å². The van der Waals surface area contributed by atoms with Gasteiger partial charge in [-0.3, -0.25) is 9.59 Å². The molecular formula is C50H64BBrF2N6O8. The maximum Gasteiger partial charge on any atom is 0.497 e. The highest BCUT2D eigenvalue weighted by molar-refractivity contribution is 9.10. The van der Waals surface area contributed by atoms with E-state index in [1.807, 2.05) is 33.8 Å². The minimum absolute atomic E-state index is 0.0464. The normalized spacial score (nSPS) is 16.0. The van der Waals surface area contributed by atoms with Crippen LogP contribution in [0.2, 0.25) is 0 Å². The highest BCUT2D eigenvalue weighted by atomic mass is 79.9. The maximum absolute atomic E-state index is 15.0. The summed E-state index contributed by atoms with van der Waals surface area (Å²) in [5, 5.41) is 10.8. The highest BCUT2D eigenvalue weighted by Gasteiger charge is 2.52. The second-order valence-electron chi connectivity index (χ2n) is 20.1. The van der Waals surface area contributed by atoms with Crippen LogP contribution in [0, 0.1) is 37.3 Å². The molecule has 0 unspecified atom stereocenters. The van der Waals surface area contributed by atoms with Crippen LogP contribution < -0.4 is 26.7 Å². The Morgan fingerprint density at radius 1 is 0.691 bits per heavy atom. The number of aromatic nitrogens is 2. The van der Waals surface area contributed by atoms with E-state index in [0.717, 1.165) is 30.2 Å². The molecule has 2 aromatic carbocycles. The third kappa shape index (κ3) is 15.5. The van der Waals surface area contributed by atoms with E-state index in [-0.39, 0.29) is 48.4 Å². The fourth-order valence-electron chi connectivity index (χ4n) is 6.48. The first-order valence-electron chi connectivity index (χ1n) is 22.7. The molecule has 0 radical (unpaired) electrons. The molecular weight excluding hydrogens is 941 g/mol. The molecule has 3 fully saturated rings. The minimum Gasteiger partial charge on any atom is -0.444 e. The number of anilines is 2. The summed E-state index contributed by atoms with van der Waals surface area (Å²) in [6, 6.07) is 13.8. The molecule has 1 saturated heterocycles. The predicted octanol–water partition coefficient (Wildman–Crippen LogP) is 10.2. The molecule has 3 heterocycles. The van der Waals surface area contributed by atoms with E-state index >= 15 is 4.39 Å². The lowest BCUT2D eigenvalue weighted by molar-refractivity contribution is -0.118. The number of ether oxygens (including phenoxy) is 2. The van der Waals surface area contributed by atoms with E-state index in [1.54, 1.807) is 110 Å². The molecule has 0 atom stereocenters. The van der Waals surface area contributed by atoms with Gasteiger partial charge in [0.25, 0.3) is 0 Å². The molecule has 2 saturated carbocycles. The first-order chi connectivity index (χ1) is 31.6. The lowest BCUT2D eigenvalue weighted by Gasteiger charge is -2.32. The Kier molecular flexibility index (Phi) is 17.2. The highest BCUT2D eigenvalue weighted by Crippen LogP contribution is 2.37. The monoisotopic (exact) mass is 1000 g/mol. The Labute approximate surface area is 407 Å². The average Bonchev–Trinajstić information content (AvgIpc) is 4.16. The number of rotatable bonds is 10. The lowest BCUT2D eigenvalue weighted by Crippen LogP contribution is -2.41. The van der Waals surface area contributed by atoms with Gasteiger partial charge in [-0.25, -0.2) is 28.3 Å². The summed E-state index contributed by atoms with van der Waals surface area (Å²) in [4.78, 5) is 55.0. The van der Waals surface area contributed by atoms with Gasteiger partial charge in [0.15, 0.2) is 0 Å². The van der Waals surface area contributed by atoms with Gasteiger partial charge in [-0.05, 0) is 161 Å². The van der Waals surface area contributed by atoms with Crippen molar-refractivity contribution in [2.24, 2.45) is 11.8 Å². The quantitative estimate of drug-likeness (QED) is 0.112. The van der Waals surface area contributed by atoms with Gasteiger partial charge in [-0.1, -0.05) is 40.2 Å². The first kappa shape index (κ1) is 53.5. The number of amides is 4. The topological polar surface area (TPSA) is 179 Å². The van der Waals surface area contributed by atoms with E-state index in [0.29, 0.717) is 50.5 Å². The number of nitrogens with zero attached hydrogens (tertiary/aromatic N) is 2. The maximum atomic E-state index is 15.0. The number of carbonyl (C=O) groups is 4. The van der Waals surface area contributed by atoms with E-state index < -0.39 is 41.7 Å². The molecule has 68 heavy (non-hydrogen) atoms. The van der Waals surface area contributed by atoms with Crippen molar-refractivity contribution >= 4 is 64.1 Å². The Balaban J connectivity index is 0.000000203. The van der Waals surface area contributed by atoms with Crippen LogP contribution in [0.3, 0.4) is 0 Å². The summed E-state index contributed by atoms with van der Waals surface area (Å²) >= 11 is 3.31. The molecule has 7 rings (SSSR count). The zero-order chi connectivity index (χ0) is 50.4. The van der Waals surface area contributed by atoms with Crippen LogP contribution in [0.1, 0.15) is 117 Å². The molecule has 2 aromatic heterocycles. The molecule has 1 aliphatic heterocycles. The number of pyridine rings is 2. The van der Waals surface area contributed by atoms with Crippen LogP contribution in [0.4, 0.5) is 30.0 Å². The van der Waals surface area contributed by atoms with Crippen LogP contribution in [-0.4, -0.2) is 63.5 Å². The van der Waals surface area contributed by atoms with E-state index in [1.165, 1.54) is 0 Å². The average molecular weight is 1010 g/mol. The van der Waals surface area contributed by atoms with Gasteiger partial charge in [0, 0.05) is 52.8 Å². The molecule has 2 aliphatic carbocycles. The number of benzene rings is 2. The molecule has 18 heteroatoms. The van der Waals surface area contributed by atoms with Crippen molar-refractivity contribution in [1.82, 2.24) is 20.6 Å². The van der Waals surface area contributed by atoms with Crippen molar-refractivity contribution in [2.45, 2.75) is 144 Å². The largest absolute Gasteiger partial charge is 0.497 e. The molecule has 3 aliphatic rings. The van der Waals surface area contributed by atoms with Crippen LogP contribution in [0.5, 0.6) is 0 Å². The van der Waals surface area contributed by atoms with Crippen molar-refractivity contribution in [2.75, 3.05) is 10.6 Å². The van der Waals surface area contributed by atoms with E-state index in [2.05, 4.69) is 47.2 Å². The van der Waals surface area contributed by atoms with Crippen LogP contribution in [0.15, 0.2) is 65.4 Å². The SMILES string of the molecule is Cc1c(CNC(=O)OC(C)(C)C)ccc(-c2ccnc(NC(=O)C3CC3)c2)c1F.Cc1c(CNC(=O)OC(C)(C)C)ccc(B2OC(C)(C)C(C)(C)O2)c1F.O=C(Nc1cc(Br)ccn1)C1CC1. The Bertz CT molecular complexity index is 2470. The second kappa shape index (κ2) is 21.9. The molecule has 0 spiro atoms. The first-order valence-corrected chi connectivity index (χ1v) is 23.5.